The predicted molar refractivity (Wildman–Crippen MR) is 63.5 cm³/mol. The molecule has 2 unspecified atom stereocenters. The molecule has 0 heterocycles. The van der Waals surface area contributed by atoms with Crippen molar-refractivity contribution in [2.75, 3.05) is 6.54 Å². The van der Waals surface area contributed by atoms with Gasteiger partial charge in [-0.2, -0.15) is 0 Å². The first-order valence-corrected chi connectivity index (χ1v) is 5.68. The standard InChI is InChI=1S/C11H16BrNO2/c1-7-8(3-2-4-9(7)12)11(15)10(14)5-6-13/h2-4,10-11,14-15H,5-6,13H2,1H3. The summed E-state index contributed by atoms with van der Waals surface area (Å²) in [6.45, 7) is 2.27. The van der Waals surface area contributed by atoms with Gasteiger partial charge < -0.3 is 15.9 Å². The highest BCUT2D eigenvalue weighted by Gasteiger charge is 2.19. The molecule has 2 atom stereocenters. The Morgan fingerprint density at radius 1 is 1.40 bits per heavy atom. The largest absolute Gasteiger partial charge is 0.390 e. The molecule has 0 saturated carbocycles. The predicted octanol–water partition coefficient (Wildman–Crippen LogP) is 1.50. The maximum absolute atomic E-state index is 9.90. The Bertz CT molecular complexity index is 330. The van der Waals surface area contributed by atoms with E-state index in [1.54, 1.807) is 0 Å². The molecule has 84 valence electrons. The first kappa shape index (κ1) is 12.6. The highest BCUT2D eigenvalue weighted by molar-refractivity contribution is 9.10. The van der Waals surface area contributed by atoms with Gasteiger partial charge in [0, 0.05) is 4.47 Å². The molecule has 0 spiro atoms. The average Bonchev–Trinajstić information content (AvgIpc) is 2.21. The van der Waals surface area contributed by atoms with Gasteiger partial charge in [-0.3, -0.25) is 0 Å². The van der Waals surface area contributed by atoms with Gasteiger partial charge in [0.25, 0.3) is 0 Å². The van der Waals surface area contributed by atoms with Gasteiger partial charge in [-0.25, -0.2) is 0 Å². The number of aliphatic hydroxyl groups is 2. The lowest BCUT2D eigenvalue weighted by molar-refractivity contribution is 0.0146. The zero-order chi connectivity index (χ0) is 11.4. The number of rotatable bonds is 4. The molecule has 0 aromatic heterocycles. The van der Waals surface area contributed by atoms with E-state index in [2.05, 4.69) is 15.9 Å². The molecule has 0 amide bonds. The molecular weight excluding hydrogens is 258 g/mol. The van der Waals surface area contributed by atoms with E-state index in [4.69, 9.17) is 5.73 Å². The van der Waals surface area contributed by atoms with E-state index >= 15 is 0 Å². The normalized spacial score (nSPS) is 15.0. The van der Waals surface area contributed by atoms with Gasteiger partial charge in [0.15, 0.2) is 0 Å². The first-order chi connectivity index (χ1) is 7.07. The Hall–Kier alpha value is -0.420. The number of nitrogens with two attached hydrogens (primary N) is 1. The molecule has 0 radical (unpaired) electrons. The number of hydrogen-bond donors (Lipinski definition) is 3. The monoisotopic (exact) mass is 273 g/mol. The van der Waals surface area contributed by atoms with Crippen LogP contribution in [0.4, 0.5) is 0 Å². The summed E-state index contributed by atoms with van der Waals surface area (Å²) >= 11 is 3.39. The highest BCUT2D eigenvalue weighted by atomic mass is 79.9. The molecule has 1 rings (SSSR count). The second kappa shape index (κ2) is 5.61. The Morgan fingerprint density at radius 2 is 2.07 bits per heavy atom. The van der Waals surface area contributed by atoms with Crippen molar-refractivity contribution in [2.45, 2.75) is 25.6 Å². The summed E-state index contributed by atoms with van der Waals surface area (Å²) < 4.78 is 0.930. The molecule has 15 heavy (non-hydrogen) atoms. The van der Waals surface area contributed by atoms with Crippen LogP contribution in [-0.2, 0) is 0 Å². The molecule has 1 aromatic carbocycles. The van der Waals surface area contributed by atoms with Crippen LogP contribution in [-0.4, -0.2) is 22.9 Å². The van der Waals surface area contributed by atoms with Crippen LogP contribution in [0.2, 0.25) is 0 Å². The van der Waals surface area contributed by atoms with Crippen molar-refractivity contribution in [3.63, 3.8) is 0 Å². The van der Waals surface area contributed by atoms with E-state index in [9.17, 15) is 10.2 Å². The molecule has 0 aliphatic heterocycles. The van der Waals surface area contributed by atoms with Crippen molar-refractivity contribution in [1.29, 1.82) is 0 Å². The summed E-state index contributed by atoms with van der Waals surface area (Å²) in [4.78, 5) is 0. The Morgan fingerprint density at radius 3 is 2.67 bits per heavy atom. The lowest BCUT2D eigenvalue weighted by Crippen LogP contribution is -2.22. The van der Waals surface area contributed by atoms with Crippen LogP contribution in [0.15, 0.2) is 22.7 Å². The van der Waals surface area contributed by atoms with Gasteiger partial charge in [-0.05, 0) is 37.1 Å². The van der Waals surface area contributed by atoms with Crippen LogP contribution in [0.25, 0.3) is 0 Å². The summed E-state index contributed by atoms with van der Waals surface area (Å²) in [6, 6.07) is 5.55. The van der Waals surface area contributed by atoms with Crippen molar-refractivity contribution in [3.05, 3.63) is 33.8 Å². The molecule has 0 saturated heterocycles. The lowest BCUT2D eigenvalue weighted by atomic mass is 9.98. The van der Waals surface area contributed by atoms with Gasteiger partial charge >= 0.3 is 0 Å². The third-order valence-electron chi connectivity index (χ3n) is 2.46. The maximum Gasteiger partial charge on any atom is 0.105 e. The molecule has 0 aliphatic rings. The van der Waals surface area contributed by atoms with E-state index in [1.807, 2.05) is 25.1 Å². The summed E-state index contributed by atoms with van der Waals surface area (Å²) in [7, 11) is 0. The van der Waals surface area contributed by atoms with Gasteiger partial charge in [-0.15, -0.1) is 0 Å². The fourth-order valence-electron chi connectivity index (χ4n) is 1.48. The van der Waals surface area contributed by atoms with E-state index in [-0.39, 0.29) is 0 Å². The van der Waals surface area contributed by atoms with Crippen LogP contribution >= 0.6 is 15.9 Å². The van der Waals surface area contributed by atoms with E-state index in [0.717, 1.165) is 15.6 Å². The molecule has 0 aliphatic carbocycles. The number of aliphatic hydroxyl groups excluding tert-OH is 2. The minimum Gasteiger partial charge on any atom is -0.390 e. The van der Waals surface area contributed by atoms with Crippen molar-refractivity contribution in [1.82, 2.24) is 0 Å². The van der Waals surface area contributed by atoms with Crippen molar-refractivity contribution < 1.29 is 10.2 Å². The molecule has 0 bridgehead atoms. The summed E-state index contributed by atoms with van der Waals surface area (Å²) in [5.74, 6) is 0. The lowest BCUT2D eigenvalue weighted by Gasteiger charge is -2.19. The highest BCUT2D eigenvalue weighted by Crippen LogP contribution is 2.27. The first-order valence-electron chi connectivity index (χ1n) is 4.89. The third kappa shape index (κ3) is 3.01. The smallest absolute Gasteiger partial charge is 0.105 e. The fourth-order valence-corrected chi connectivity index (χ4v) is 1.86. The number of hydrogen-bond acceptors (Lipinski definition) is 3. The van der Waals surface area contributed by atoms with E-state index < -0.39 is 12.2 Å². The second-order valence-electron chi connectivity index (χ2n) is 3.54. The molecule has 0 fully saturated rings. The maximum atomic E-state index is 9.90. The molecular formula is C11H16BrNO2. The van der Waals surface area contributed by atoms with Crippen LogP contribution in [0.5, 0.6) is 0 Å². The van der Waals surface area contributed by atoms with Crippen LogP contribution in [0.3, 0.4) is 0 Å². The molecule has 4 N–H and O–H groups in total. The fraction of sp³-hybridized carbons (Fsp3) is 0.455. The Kier molecular flexibility index (Phi) is 4.73. The molecule has 4 heteroatoms. The zero-order valence-electron chi connectivity index (χ0n) is 8.65. The van der Waals surface area contributed by atoms with Crippen molar-refractivity contribution in [3.8, 4) is 0 Å². The van der Waals surface area contributed by atoms with Gasteiger partial charge in [0.2, 0.25) is 0 Å². The van der Waals surface area contributed by atoms with Gasteiger partial charge in [0.05, 0.1) is 6.10 Å². The van der Waals surface area contributed by atoms with Crippen LogP contribution < -0.4 is 5.73 Å². The topological polar surface area (TPSA) is 66.5 Å². The van der Waals surface area contributed by atoms with Crippen LogP contribution in [0, 0.1) is 6.92 Å². The van der Waals surface area contributed by atoms with Crippen LogP contribution in [0.1, 0.15) is 23.7 Å². The van der Waals surface area contributed by atoms with Gasteiger partial charge in [0.1, 0.15) is 6.10 Å². The minimum atomic E-state index is -0.869. The summed E-state index contributed by atoms with van der Waals surface area (Å²) in [5, 5.41) is 19.5. The Labute approximate surface area is 98.1 Å². The number of benzene rings is 1. The van der Waals surface area contributed by atoms with E-state index in [1.165, 1.54) is 0 Å². The van der Waals surface area contributed by atoms with Crippen molar-refractivity contribution in [2.24, 2.45) is 5.73 Å². The average molecular weight is 274 g/mol. The Balaban J connectivity index is 2.90. The quantitative estimate of drug-likeness (QED) is 0.779. The van der Waals surface area contributed by atoms with E-state index in [0.29, 0.717) is 13.0 Å². The second-order valence-corrected chi connectivity index (χ2v) is 4.40. The summed E-state index contributed by atoms with van der Waals surface area (Å²) in [5.41, 5.74) is 7.02. The SMILES string of the molecule is Cc1c(Br)cccc1C(O)C(O)CCN. The third-order valence-corrected chi connectivity index (χ3v) is 3.31. The molecule has 3 nitrogen and oxygen atoms in total. The number of halogens is 1. The summed E-state index contributed by atoms with van der Waals surface area (Å²) in [6.07, 6.45) is -1.28. The molecule has 1 aromatic rings. The van der Waals surface area contributed by atoms with Gasteiger partial charge in [-0.1, -0.05) is 28.1 Å². The van der Waals surface area contributed by atoms with Crippen molar-refractivity contribution >= 4 is 15.9 Å². The zero-order valence-corrected chi connectivity index (χ0v) is 10.2. The minimum absolute atomic E-state index is 0.366.